The molecule has 6 heteroatoms. The Morgan fingerprint density at radius 2 is 2.25 bits per heavy atom. The second-order valence-corrected chi connectivity index (χ2v) is 5.71. The lowest BCUT2D eigenvalue weighted by Gasteiger charge is -2.14. The van der Waals surface area contributed by atoms with Gasteiger partial charge in [0.2, 0.25) is 0 Å². The van der Waals surface area contributed by atoms with Crippen LogP contribution in [0.25, 0.3) is 0 Å². The largest absolute Gasteiger partial charge is 0.382 e. The third-order valence-corrected chi connectivity index (χ3v) is 4.65. The van der Waals surface area contributed by atoms with E-state index in [-0.39, 0.29) is 6.10 Å². The maximum Gasteiger partial charge on any atom is 0.143 e. The van der Waals surface area contributed by atoms with E-state index in [1.807, 2.05) is 0 Å². The third kappa shape index (κ3) is 2.56. The Hall–Kier alpha value is -0.160. The van der Waals surface area contributed by atoms with E-state index in [9.17, 15) is 0 Å². The van der Waals surface area contributed by atoms with Gasteiger partial charge >= 0.3 is 0 Å². The Morgan fingerprint density at radius 1 is 1.50 bits per heavy atom. The zero-order valence-electron chi connectivity index (χ0n) is 8.74. The van der Waals surface area contributed by atoms with E-state index in [1.165, 1.54) is 0 Å². The van der Waals surface area contributed by atoms with Gasteiger partial charge in [0.05, 0.1) is 16.1 Å². The van der Waals surface area contributed by atoms with Crippen molar-refractivity contribution in [3.63, 3.8) is 0 Å². The number of nitrogens with two attached hydrogens (primary N) is 1. The van der Waals surface area contributed by atoms with Gasteiger partial charge < -0.3 is 10.5 Å². The Kier molecular flexibility index (Phi) is 3.85. The number of hydrogen-bond acceptors (Lipinski definition) is 4. The van der Waals surface area contributed by atoms with Crippen LogP contribution in [0.1, 0.15) is 13.3 Å². The van der Waals surface area contributed by atoms with Crippen molar-refractivity contribution >= 4 is 40.8 Å². The minimum atomic E-state index is 0.222. The van der Waals surface area contributed by atoms with Gasteiger partial charge in [-0.25, -0.2) is 4.98 Å². The summed E-state index contributed by atoms with van der Waals surface area (Å²) in [7, 11) is 0. The molecule has 0 bridgehead atoms. The highest BCUT2D eigenvalue weighted by molar-refractivity contribution is 8.00. The highest BCUT2D eigenvalue weighted by Crippen LogP contribution is 2.37. The number of aromatic nitrogens is 1. The molecule has 0 amide bonds. The number of ether oxygens (including phenoxy) is 1. The second kappa shape index (κ2) is 5.00. The Bertz CT molecular complexity index is 403. The van der Waals surface area contributed by atoms with Crippen LogP contribution in [0.2, 0.25) is 10.0 Å². The van der Waals surface area contributed by atoms with Crippen LogP contribution in [0, 0.1) is 0 Å². The molecule has 0 aromatic carbocycles. The molecule has 1 aliphatic rings. The molecule has 16 heavy (non-hydrogen) atoms. The number of pyridine rings is 1. The van der Waals surface area contributed by atoms with Crippen LogP contribution in [0.3, 0.4) is 0 Å². The minimum absolute atomic E-state index is 0.222. The van der Waals surface area contributed by atoms with E-state index in [1.54, 1.807) is 17.8 Å². The molecule has 1 saturated heterocycles. The van der Waals surface area contributed by atoms with E-state index in [4.69, 9.17) is 33.7 Å². The molecular formula is C10H12Cl2N2OS. The van der Waals surface area contributed by atoms with E-state index >= 15 is 0 Å². The average molecular weight is 279 g/mol. The fourth-order valence-electron chi connectivity index (χ4n) is 1.56. The fourth-order valence-corrected chi connectivity index (χ4v) is 3.14. The van der Waals surface area contributed by atoms with Gasteiger partial charge in [-0.05, 0) is 19.4 Å². The summed E-state index contributed by atoms with van der Waals surface area (Å²) < 4.78 is 5.48. The smallest absolute Gasteiger partial charge is 0.143 e. The molecular weight excluding hydrogens is 267 g/mol. The van der Waals surface area contributed by atoms with E-state index in [2.05, 4.69) is 11.9 Å². The van der Waals surface area contributed by atoms with E-state index in [0.29, 0.717) is 21.1 Å². The zero-order valence-corrected chi connectivity index (χ0v) is 11.1. The van der Waals surface area contributed by atoms with Crippen LogP contribution < -0.4 is 5.73 Å². The standard InChI is InChI=1S/C10H12Cl2N2OS/c1-5-8(2-3-15-5)16-10-7(12)4-6(11)9(13)14-10/h4-5,8H,2-3H2,1H3,(H2,13,14). The van der Waals surface area contributed by atoms with Crippen molar-refractivity contribution in [3.8, 4) is 0 Å². The first kappa shape index (κ1) is 12.3. The summed E-state index contributed by atoms with van der Waals surface area (Å²) >= 11 is 13.5. The molecule has 88 valence electrons. The van der Waals surface area contributed by atoms with Crippen LogP contribution in [0.5, 0.6) is 0 Å². The number of rotatable bonds is 2. The highest BCUT2D eigenvalue weighted by Gasteiger charge is 2.26. The molecule has 1 fully saturated rings. The van der Waals surface area contributed by atoms with Gasteiger partial charge in [0, 0.05) is 11.9 Å². The second-order valence-electron chi connectivity index (χ2n) is 3.66. The molecule has 1 aliphatic heterocycles. The van der Waals surface area contributed by atoms with Crippen LogP contribution in [-0.2, 0) is 4.74 Å². The van der Waals surface area contributed by atoms with Crippen molar-refractivity contribution in [1.29, 1.82) is 0 Å². The van der Waals surface area contributed by atoms with Gasteiger partial charge in [0.25, 0.3) is 0 Å². The minimum Gasteiger partial charge on any atom is -0.382 e. The summed E-state index contributed by atoms with van der Waals surface area (Å²) in [5.41, 5.74) is 5.65. The lowest BCUT2D eigenvalue weighted by Crippen LogP contribution is -2.13. The lowest BCUT2D eigenvalue weighted by atomic mass is 10.3. The van der Waals surface area contributed by atoms with Gasteiger partial charge in [-0.15, -0.1) is 0 Å². The van der Waals surface area contributed by atoms with Gasteiger partial charge in [0.1, 0.15) is 10.8 Å². The van der Waals surface area contributed by atoms with Crippen molar-refractivity contribution in [2.24, 2.45) is 0 Å². The summed E-state index contributed by atoms with van der Waals surface area (Å²) in [5.74, 6) is 0.320. The van der Waals surface area contributed by atoms with Crippen molar-refractivity contribution < 1.29 is 4.74 Å². The number of thioether (sulfide) groups is 1. The van der Waals surface area contributed by atoms with Gasteiger partial charge in [-0.3, -0.25) is 0 Å². The molecule has 0 aliphatic carbocycles. The first-order valence-corrected chi connectivity index (χ1v) is 6.61. The molecule has 0 saturated carbocycles. The first-order chi connectivity index (χ1) is 7.58. The van der Waals surface area contributed by atoms with Gasteiger partial charge in [0.15, 0.2) is 0 Å². The molecule has 0 radical (unpaired) electrons. The SMILES string of the molecule is CC1OCCC1Sc1nc(N)c(Cl)cc1Cl. The number of nitrogen functional groups attached to an aromatic ring is 1. The lowest BCUT2D eigenvalue weighted by molar-refractivity contribution is 0.127. The Morgan fingerprint density at radius 3 is 2.88 bits per heavy atom. The summed E-state index contributed by atoms with van der Waals surface area (Å²) in [4.78, 5) is 4.19. The van der Waals surface area contributed by atoms with Crippen LogP contribution in [0.4, 0.5) is 5.82 Å². The van der Waals surface area contributed by atoms with Gasteiger partial charge in [-0.2, -0.15) is 0 Å². The number of anilines is 1. The van der Waals surface area contributed by atoms with Crippen molar-refractivity contribution in [3.05, 3.63) is 16.1 Å². The topological polar surface area (TPSA) is 48.1 Å². The highest BCUT2D eigenvalue weighted by atomic mass is 35.5. The molecule has 2 atom stereocenters. The van der Waals surface area contributed by atoms with E-state index < -0.39 is 0 Å². The fraction of sp³-hybridized carbons (Fsp3) is 0.500. The molecule has 2 rings (SSSR count). The van der Waals surface area contributed by atoms with Crippen molar-refractivity contribution in [2.75, 3.05) is 12.3 Å². The summed E-state index contributed by atoms with van der Waals surface area (Å²) in [5, 5.41) is 2.05. The quantitative estimate of drug-likeness (QED) is 0.902. The molecule has 0 spiro atoms. The van der Waals surface area contributed by atoms with Gasteiger partial charge in [-0.1, -0.05) is 35.0 Å². The predicted octanol–water partition coefficient (Wildman–Crippen LogP) is 3.24. The van der Waals surface area contributed by atoms with Crippen LogP contribution in [-0.4, -0.2) is 22.9 Å². The Labute approximate surface area is 109 Å². The average Bonchev–Trinajstić information content (AvgIpc) is 2.61. The molecule has 2 heterocycles. The third-order valence-electron chi connectivity index (χ3n) is 2.49. The monoisotopic (exact) mass is 278 g/mol. The van der Waals surface area contributed by atoms with Crippen molar-refractivity contribution in [2.45, 2.75) is 29.7 Å². The van der Waals surface area contributed by atoms with Crippen molar-refractivity contribution in [1.82, 2.24) is 4.98 Å². The maximum absolute atomic E-state index is 6.06. The van der Waals surface area contributed by atoms with E-state index in [0.717, 1.165) is 18.1 Å². The molecule has 2 N–H and O–H groups in total. The molecule has 2 unspecified atom stereocenters. The first-order valence-electron chi connectivity index (χ1n) is 4.97. The zero-order chi connectivity index (χ0) is 11.7. The molecule has 1 aromatic heterocycles. The predicted molar refractivity (Wildman–Crippen MR) is 68.3 cm³/mol. The summed E-state index contributed by atoms with van der Waals surface area (Å²) in [6, 6.07) is 1.63. The summed E-state index contributed by atoms with van der Waals surface area (Å²) in [6.07, 6.45) is 1.23. The van der Waals surface area contributed by atoms with Crippen LogP contribution in [0.15, 0.2) is 11.1 Å². The normalized spacial score (nSPS) is 24.9. The molecule has 3 nitrogen and oxygen atoms in total. The number of hydrogen-bond donors (Lipinski definition) is 1. The molecule has 1 aromatic rings. The number of nitrogens with zero attached hydrogens (tertiary/aromatic N) is 1. The maximum atomic E-state index is 6.06. The Balaban J connectivity index is 2.18. The number of halogens is 2. The van der Waals surface area contributed by atoms with Crippen LogP contribution >= 0.6 is 35.0 Å². The summed E-state index contributed by atoms with van der Waals surface area (Å²) in [6.45, 7) is 2.84.